The fraction of sp³-hybridized carbons (Fsp3) is 0.559. The number of allylic oxidation sites excluding steroid dienone is 5. The molecule has 2 heterocycles. The average Bonchev–Trinajstić information content (AvgIpc) is 3.54. The molecule has 1 N–H and O–H groups in total. The summed E-state index contributed by atoms with van der Waals surface area (Å²) in [4.78, 5) is 7.21. The van der Waals surface area contributed by atoms with E-state index < -0.39 is 17.3 Å². The molecule has 0 amide bonds. The van der Waals surface area contributed by atoms with Crippen LogP contribution in [0.5, 0.6) is 0 Å². The number of halogens is 3. The van der Waals surface area contributed by atoms with Crippen molar-refractivity contribution >= 4 is 5.71 Å². The van der Waals surface area contributed by atoms with Crippen molar-refractivity contribution in [3.8, 4) is 0 Å². The molecule has 2 unspecified atom stereocenters. The van der Waals surface area contributed by atoms with Gasteiger partial charge in [0.2, 0.25) is 0 Å². The van der Waals surface area contributed by atoms with Crippen LogP contribution in [0, 0.1) is 17.7 Å². The summed E-state index contributed by atoms with van der Waals surface area (Å²) in [5.41, 5.74) is 3.19. The minimum Gasteiger partial charge on any atom is -0.495 e. The lowest BCUT2D eigenvalue weighted by Crippen LogP contribution is -2.25. The lowest BCUT2D eigenvalue weighted by molar-refractivity contribution is 0.0136. The highest BCUT2D eigenvalue weighted by molar-refractivity contribution is 5.80. The van der Waals surface area contributed by atoms with E-state index in [-0.39, 0.29) is 12.1 Å². The predicted octanol–water partition coefficient (Wildman–Crippen LogP) is 8.26. The number of nitrogens with zero attached hydrogens (tertiary/aromatic N) is 2. The number of hydrogen-bond donors (Lipinski definition) is 1. The summed E-state index contributed by atoms with van der Waals surface area (Å²) in [6.45, 7) is 14.1. The minimum atomic E-state index is -3.28. The Labute approximate surface area is 250 Å². The van der Waals surface area contributed by atoms with E-state index in [4.69, 9.17) is 14.5 Å². The third-order valence-electron chi connectivity index (χ3n) is 7.71. The predicted molar refractivity (Wildman–Crippen MR) is 165 cm³/mol. The van der Waals surface area contributed by atoms with E-state index in [1.54, 1.807) is 7.11 Å². The second-order valence-corrected chi connectivity index (χ2v) is 11.6. The summed E-state index contributed by atoms with van der Waals surface area (Å²) in [5.74, 6) is -1.87. The van der Waals surface area contributed by atoms with Gasteiger partial charge in [0.25, 0.3) is 5.92 Å². The monoisotopic (exact) mass is 587 g/mol. The van der Waals surface area contributed by atoms with Crippen molar-refractivity contribution in [1.82, 2.24) is 10.2 Å². The smallest absolute Gasteiger partial charge is 0.273 e. The molecule has 0 bridgehead atoms. The van der Waals surface area contributed by atoms with Crippen molar-refractivity contribution in [1.29, 1.82) is 0 Å². The number of fused-ring (bicyclic) bond motifs is 1. The Balaban J connectivity index is 2.17. The van der Waals surface area contributed by atoms with Crippen LogP contribution in [0.15, 0.2) is 69.8 Å². The Morgan fingerprint density at radius 2 is 1.74 bits per heavy atom. The fourth-order valence-corrected chi connectivity index (χ4v) is 5.40. The topological polar surface area (TPSA) is 46.1 Å². The van der Waals surface area contributed by atoms with Crippen LogP contribution in [-0.4, -0.2) is 44.0 Å². The number of methoxy groups -OCH3 is 1. The highest BCUT2D eigenvalue weighted by Gasteiger charge is 2.38. The number of unbranched alkanes of at least 4 members (excludes halogenated alkanes) is 2. The maximum absolute atomic E-state index is 15.2. The molecule has 3 rings (SSSR count). The first kappa shape index (κ1) is 33.5. The third kappa shape index (κ3) is 8.76. The van der Waals surface area contributed by atoms with E-state index in [9.17, 15) is 8.78 Å². The molecule has 0 saturated carbocycles. The zero-order valence-electron chi connectivity index (χ0n) is 26.3. The zero-order chi connectivity index (χ0) is 30.9. The number of aliphatic imine (C=N–C) groups is 1. The van der Waals surface area contributed by atoms with Crippen molar-refractivity contribution < 1.29 is 22.6 Å². The van der Waals surface area contributed by atoms with Crippen LogP contribution in [0.2, 0.25) is 0 Å². The second kappa shape index (κ2) is 15.5. The molecule has 5 nitrogen and oxygen atoms in total. The van der Waals surface area contributed by atoms with E-state index in [0.29, 0.717) is 24.6 Å². The largest absolute Gasteiger partial charge is 0.495 e. The van der Waals surface area contributed by atoms with Crippen LogP contribution in [0.3, 0.4) is 0 Å². The molecule has 2 fully saturated rings. The van der Waals surface area contributed by atoms with E-state index >= 15 is 4.39 Å². The SMILES string of the molecule is CCC/C=C(OC)/C(=C\C(=C(\N=C(C)C)NCc1cccc(C(C)(F)F)c1F)C(\C)=C\CCC)N1CC2COCC2C1. The van der Waals surface area contributed by atoms with Gasteiger partial charge in [-0.15, -0.1) is 0 Å². The molecule has 2 saturated heterocycles. The first-order valence-corrected chi connectivity index (χ1v) is 15.1. The highest BCUT2D eigenvalue weighted by atomic mass is 19.3. The summed E-state index contributed by atoms with van der Waals surface area (Å²) in [6, 6.07) is 4.13. The summed E-state index contributed by atoms with van der Waals surface area (Å²) in [6.07, 6.45) is 10.2. The van der Waals surface area contributed by atoms with E-state index in [1.807, 2.05) is 13.8 Å². The van der Waals surface area contributed by atoms with Crippen LogP contribution in [-0.2, 0) is 21.9 Å². The normalized spacial score (nSPS) is 20.4. The van der Waals surface area contributed by atoms with Gasteiger partial charge >= 0.3 is 0 Å². The molecule has 0 radical (unpaired) electrons. The number of alkyl halides is 2. The molecular weight excluding hydrogens is 539 g/mol. The number of benzene rings is 1. The molecule has 2 aliphatic rings. The van der Waals surface area contributed by atoms with Crippen LogP contribution < -0.4 is 5.32 Å². The Morgan fingerprint density at radius 1 is 1.10 bits per heavy atom. The number of hydrogen-bond acceptors (Lipinski definition) is 5. The second-order valence-electron chi connectivity index (χ2n) is 11.6. The molecule has 0 spiro atoms. The molecule has 2 aliphatic heterocycles. The average molecular weight is 588 g/mol. The third-order valence-corrected chi connectivity index (χ3v) is 7.71. The van der Waals surface area contributed by atoms with Crippen LogP contribution in [0.4, 0.5) is 13.2 Å². The lowest BCUT2D eigenvalue weighted by atomic mass is 10.0. The summed E-state index contributed by atoms with van der Waals surface area (Å²) in [7, 11) is 1.70. The van der Waals surface area contributed by atoms with E-state index in [1.165, 1.54) is 12.1 Å². The van der Waals surface area contributed by atoms with Gasteiger partial charge in [0.05, 0.1) is 31.6 Å². The van der Waals surface area contributed by atoms with Crippen molar-refractivity contribution in [2.75, 3.05) is 33.4 Å². The van der Waals surface area contributed by atoms with Gasteiger partial charge in [-0.3, -0.25) is 0 Å². The van der Waals surface area contributed by atoms with Gasteiger partial charge in [0.1, 0.15) is 17.4 Å². The highest BCUT2D eigenvalue weighted by Crippen LogP contribution is 2.35. The molecule has 42 heavy (non-hydrogen) atoms. The van der Waals surface area contributed by atoms with Crippen molar-refractivity contribution in [2.24, 2.45) is 16.8 Å². The molecule has 8 heteroatoms. The Kier molecular flexibility index (Phi) is 12.3. The number of ether oxygens (including phenoxy) is 2. The zero-order valence-corrected chi connectivity index (χ0v) is 26.3. The van der Waals surface area contributed by atoms with Gasteiger partial charge in [-0.2, -0.15) is 0 Å². The van der Waals surface area contributed by atoms with Gasteiger partial charge in [-0.05, 0) is 51.3 Å². The maximum atomic E-state index is 15.2. The standard InChI is InChI=1S/C34H48F3N3O2/c1-8-10-13-24(5)28(17-30(31(41-7)16-11-9-2)40-19-26-21-42-22-27(26)20-40)33(39-23(3)4)38-18-25-14-12-15-29(32(25)35)34(6,36)37/h12-17,26-27,38H,8-11,18-22H2,1-7H3/b24-13+,30-17+,31-16-,33-28-. The van der Waals surface area contributed by atoms with Gasteiger partial charge < -0.3 is 19.7 Å². The summed E-state index contributed by atoms with van der Waals surface area (Å²) >= 11 is 0. The van der Waals surface area contributed by atoms with Crippen molar-refractivity contribution in [2.45, 2.75) is 79.7 Å². The van der Waals surface area contributed by atoms with Crippen LogP contribution in [0.25, 0.3) is 0 Å². The van der Waals surface area contributed by atoms with E-state index in [0.717, 1.165) is 86.4 Å². The van der Waals surface area contributed by atoms with Gasteiger partial charge in [0.15, 0.2) is 0 Å². The minimum absolute atomic E-state index is 0.00358. The number of nitrogens with one attached hydrogen (secondary N) is 1. The molecule has 0 aromatic heterocycles. The van der Waals surface area contributed by atoms with Crippen LogP contribution >= 0.6 is 0 Å². The fourth-order valence-electron chi connectivity index (χ4n) is 5.40. The van der Waals surface area contributed by atoms with Gasteiger partial charge in [-0.1, -0.05) is 51.0 Å². The maximum Gasteiger partial charge on any atom is 0.273 e. The van der Waals surface area contributed by atoms with E-state index in [2.05, 4.69) is 49.2 Å². The quantitative estimate of drug-likeness (QED) is 0.135. The first-order valence-electron chi connectivity index (χ1n) is 15.1. The number of likely N-dealkylation sites (tertiary alicyclic amines) is 1. The molecule has 232 valence electrons. The summed E-state index contributed by atoms with van der Waals surface area (Å²) in [5, 5.41) is 3.30. The van der Waals surface area contributed by atoms with Gasteiger partial charge in [0, 0.05) is 55.2 Å². The van der Waals surface area contributed by atoms with Crippen molar-refractivity contribution in [3.63, 3.8) is 0 Å². The Morgan fingerprint density at radius 3 is 2.31 bits per heavy atom. The summed E-state index contributed by atoms with van der Waals surface area (Å²) < 4.78 is 55.0. The van der Waals surface area contributed by atoms with Crippen molar-refractivity contribution in [3.05, 3.63) is 81.8 Å². The van der Waals surface area contributed by atoms with Crippen LogP contribution in [0.1, 0.15) is 78.4 Å². The van der Waals surface area contributed by atoms with Gasteiger partial charge in [-0.25, -0.2) is 18.2 Å². The molecule has 2 atom stereocenters. The molecule has 1 aromatic rings. The Bertz CT molecular complexity index is 1210. The molecule has 1 aromatic carbocycles. The molecule has 0 aliphatic carbocycles. The first-order chi connectivity index (χ1) is 20.0. The lowest BCUT2D eigenvalue weighted by Gasteiger charge is -2.26. The number of rotatable bonds is 14. The Hall–Kier alpha value is -3.00. The molecular formula is C34H48F3N3O2.